The summed E-state index contributed by atoms with van der Waals surface area (Å²) in [5.41, 5.74) is 0. The van der Waals surface area contributed by atoms with E-state index in [1.807, 2.05) is 13.8 Å². The normalized spacial score (nSPS) is 12.5. The van der Waals surface area contributed by atoms with Crippen molar-refractivity contribution in [2.45, 2.75) is 32.5 Å². The molecule has 0 aliphatic carbocycles. The number of halogens is 3. The number of ether oxygens (including phenoxy) is 1. The minimum Gasteiger partial charge on any atom is -0.380 e. The molecule has 0 rings (SSSR count). The third kappa shape index (κ3) is 11.7. The Morgan fingerprint density at radius 3 is 2.31 bits per heavy atom. The molecule has 0 aliphatic heterocycles. The molecule has 0 bridgehead atoms. The minimum atomic E-state index is -4.11. The maximum atomic E-state index is 11.6. The maximum Gasteiger partial charge on any atom is 0.391 e. The first-order chi connectivity index (χ1) is 5.92. The van der Waals surface area contributed by atoms with E-state index in [0.29, 0.717) is 19.2 Å². The molecule has 80 valence electrons. The van der Waals surface area contributed by atoms with Crippen molar-refractivity contribution in [1.82, 2.24) is 5.32 Å². The minimum absolute atomic E-state index is 0.247. The average Bonchev–Trinajstić information content (AvgIpc) is 1.93. The van der Waals surface area contributed by atoms with Crippen molar-refractivity contribution < 1.29 is 17.9 Å². The van der Waals surface area contributed by atoms with Gasteiger partial charge in [-0.3, -0.25) is 0 Å². The van der Waals surface area contributed by atoms with Crippen LogP contribution in [0.2, 0.25) is 0 Å². The van der Waals surface area contributed by atoms with E-state index in [2.05, 4.69) is 5.32 Å². The van der Waals surface area contributed by atoms with E-state index in [4.69, 9.17) is 4.74 Å². The molecule has 1 N–H and O–H groups in total. The van der Waals surface area contributed by atoms with Crippen LogP contribution in [0.25, 0.3) is 0 Å². The summed E-state index contributed by atoms with van der Waals surface area (Å²) < 4.78 is 39.6. The van der Waals surface area contributed by atoms with Gasteiger partial charge in [-0.1, -0.05) is 13.8 Å². The summed E-state index contributed by atoms with van der Waals surface area (Å²) in [5.74, 6) is 0. The predicted octanol–water partition coefficient (Wildman–Crippen LogP) is 1.95. The highest BCUT2D eigenvalue weighted by Gasteiger charge is 2.26. The maximum absolute atomic E-state index is 11.6. The summed E-state index contributed by atoms with van der Waals surface area (Å²) in [6.07, 6.45) is -4.97. The zero-order chi connectivity index (χ0) is 10.3. The quantitative estimate of drug-likeness (QED) is 0.660. The Morgan fingerprint density at radius 2 is 1.85 bits per heavy atom. The first-order valence-electron chi connectivity index (χ1n) is 4.29. The Kier molecular flexibility index (Phi) is 6.07. The zero-order valence-electron chi connectivity index (χ0n) is 7.95. The number of nitrogens with one attached hydrogen (secondary N) is 1. The van der Waals surface area contributed by atoms with Crippen LogP contribution in [0.1, 0.15) is 20.3 Å². The SMILES string of the molecule is CC(C)NCCOCCC(F)(F)F. The number of rotatable bonds is 6. The zero-order valence-corrected chi connectivity index (χ0v) is 7.95. The third-order valence-electron chi connectivity index (χ3n) is 1.33. The van der Waals surface area contributed by atoms with Crippen LogP contribution in [-0.4, -0.2) is 32.0 Å². The van der Waals surface area contributed by atoms with Gasteiger partial charge in [-0.05, 0) is 0 Å². The van der Waals surface area contributed by atoms with Crippen LogP contribution in [0.5, 0.6) is 0 Å². The van der Waals surface area contributed by atoms with Gasteiger partial charge >= 0.3 is 6.18 Å². The molecule has 0 aromatic rings. The van der Waals surface area contributed by atoms with Gasteiger partial charge in [0.1, 0.15) is 0 Å². The van der Waals surface area contributed by atoms with Gasteiger partial charge in [-0.2, -0.15) is 13.2 Å². The highest BCUT2D eigenvalue weighted by Crippen LogP contribution is 2.18. The van der Waals surface area contributed by atoms with Crippen LogP contribution in [0.3, 0.4) is 0 Å². The van der Waals surface area contributed by atoms with Crippen molar-refractivity contribution in [2.24, 2.45) is 0 Å². The van der Waals surface area contributed by atoms with Gasteiger partial charge in [0.2, 0.25) is 0 Å². The number of hydrogen-bond acceptors (Lipinski definition) is 2. The Morgan fingerprint density at radius 1 is 1.23 bits per heavy atom. The van der Waals surface area contributed by atoms with Gasteiger partial charge in [-0.25, -0.2) is 0 Å². The lowest BCUT2D eigenvalue weighted by molar-refractivity contribution is -0.145. The van der Waals surface area contributed by atoms with E-state index in [9.17, 15) is 13.2 Å². The molecule has 0 fully saturated rings. The van der Waals surface area contributed by atoms with E-state index in [1.54, 1.807) is 0 Å². The van der Waals surface area contributed by atoms with Crippen molar-refractivity contribution in [2.75, 3.05) is 19.8 Å². The molecular formula is C8H16F3NO. The number of alkyl halides is 3. The van der Waals surface area contributed by atoms with Crippen molar-refractivity contribution in [1.29, 1.82) is 0 Å². The summed E-state index contributed by atoms with van der Waals surface area (Å²) in [4.78, 5) is 0. The summed E-state index contributed by atoms with van der Waals surface area (Å²) in [7, 11) is 0. The molecule has 2 nitrogen and oxygen atoms in total. The molecule has 5 heteroatoms. The fraction of sp³-hybridized carbons (Fsp3) is 1.00. The van der Waals surface area contributed by atoms with E-state index >= 15 is 0 Å². The molecule has 0 atom stereocenters. The average molecular weight is 199 g/mol. The molecular weight excluding hydrogens is 183 g/mol. The van der Waals surface area contributed by atoms with E-state index in [1.165, 1.54) is 0 Å². The molecule has 0 saturated carbocycles. The van der Waals surface area contributed by atoms with Crippen LogP contribution in [0.4, 0.5) is 13.2 Å². The van der Waals surface area contributed by atoms with Gasteiger partial charge in [-0.15, -0.1) is 0 Å². The predicted molar refractivity (Wildman–Crippen MR) is 44.6 cm³/mol. The van der Waals surface area contributed by atoms with Gasteiger partial charge in [0, 0.05) is 12.6 Å². The second kappa shape index (κ2) is 6.21. The Bertz CT molecular complexity index is 125. The second-order valence-electron chi connectivity index (χ2n) is 3.09. The fourth-order valence-corrected chi connectivity index (χ4v) is 0.710. The number of hydrogen-bond donors (Lipinski definition) is 1. The first-order valence-corrected chi connectivity index (χ1v) is 4.29. The summed E-state index contributed by atoms with van der Waals surface area (Å²) in [6.45, 7) is 4.61. The fourth-order valence-electron chi connectivity index (χ4n) is 0.710. The van der Waals surface area contributed by atoms with Crippen LogP contribution in [-0.2, 0) is 4.74 Å². The summed E-state index contributed by atoms with van der Waals surface area (Å²) in [5, 5.41) is 3.04. The molecule has 0 unspecified atom stereocenters. The molecule has 0 spiro atoms. The monoisotopic (exact) mass is 199 g/mol. The smallest absolute Gasteiger partial charge is 0.380 e. The van der Waals surface area contributed by atoms with E-state index < -0.39 is 12.6 Å². The van der Waals surface area contributed by atoms with Crippen LogP contribution < -0.4 is 5.32 Å². The van der Waals surface area contributed by atoms with Crippen molar-refractivity contribution in [3.8, 4) is 0 Å². The lowest BCUT2D eigenvalue weighted by atomic mass is 10.4. The van der Waals surface area contributed by atoms with E-state index in [0.717, 1.165) is 0 Å². The molecule has 0 radical (unpaired) electrons. The van der Waals surface area contributed by atoms with Crippen molar-refractivity contribution >= 4 is 0 Å². The first kappa shape index (κ1) is 12.7. The van der Waals surface area contributed by atoms with Gasteiger partial charge in [0.15, 0.2) is 0 Å². The second-order valence-corrected chi connectivity index (χ2v) is 3.09. The van der Waals surface area contributed by atoms with Gasteiger partial charge < -0.3 is 10.1 Å². The Labute approximate surface area is 76.5 Å². The molecule has 0 aliphatic rings. The van der Waals surface area contributed by atoms with E-state index in [-0.39, 0.29) is 6.61 Å². The van der Waals surface area contributed by atoms with Gasteiger partial charge in [0.05, 0.1) is 19.6 Å². The summed E-state index contributed by atoms with van der Waals surface area (Å²) >= 11 is 0. The molecule has 13 heavy (non-hydrogen) atoms. The molecule has 0 saturated heterocycles. The van der Waals surface area contributed by atoms with Crippen LogP contribution >= 0.6 is 0 Å². The van der Waals surface area contributed by atoms with Crippen molar-refractivity contribution in [3.05, 3.63) is 0 Å². The van der Waals surface area contributed by atoms with Gasteiger partial charge in [0.25, 0.3) is 0 Å². The third-order valence-corrected chi connectivity index (χ3v) is 1.33. The Hall–Kier alpha value is -0.290. The summed E-state index contributed by atoms with van der Waals surface area (Å²) in [6, 6.07) is 0.339. The lowest BCUT2D eigenvalue weighted by Gasteiger charge is -2.09. The molecule has 0 heterocycles. The topological polar surface area (TPSA) is 21.3 Å². The highest BCUT2D eigenvalue weighted by molar-refractivity contribution is 4.52. The van der Waals surface area contributed by atoms with Crippen LogP contribution in [0, 0.1) is 0 Å². The Balaban J connectivity index is 3.09. The highest BCUT2D eigenvalue weighted by atomic mass is 19.4. The molecule has 0 aromatic heterocycles. The largest absolute Gasteiger partial charge is 0.391 e. The standard InChI is InChI=1S/C8H16F3NO/c1-7(2)12-4-6-13-5-3-8(9,10)11/h7,12H,3-6H2,1-2H3. The molecule has 0 aromatic carbocycles. The lowest BCUT2D eigenvalue weighted by Crippen LogP contribution is -2.27. The van der Waals surface area contributed by atoms with Crippen molar-refractivity contribution in [3.63, 3.8) is 0 Å². The molecule has 0 amide bonds. The van der Waals surface area contributed by atoms with Crippen LogP contribution in [0.15, 0.2) is 0 Å².